The summed E-state index contributed by atoms with van der Waals surface area (Å²) < 4.78 is 4.45. The maximum atomic E-state index is 3.50. The quantitative estimate of drug-likeness (QED) is 0.319. The van der Waals surface area contributed by atoms with Crippen molar-refractivity contribution in [1.82, 2.24) is 0 Å². The molecule has 0 radical (unpaired) electrons. The Morgan fingerprint density at radius 1 is 0.636 bits per heavy atom. The lowest BCUT2D eigenvalue weighted by Gasteiger charge is -1.98. The highest BCUT2D eigenvalue weighted by Crippen LogP contribution is 2.61. The van der Waals surface area contributed by atoms with Gasteiger partial charge in [-0.25, -0.2) is 0 Å². The molecular formula is C6Br4S. The van der Waals surface area contributed by atoms with Crippen molar-refractivity contribution in [3.8, 4) is 0 Å². The Hall–Kier alpha value is 1.49. The van der Waals surface area contributed by atoms with E-state index in [1.54, 1.807) is 11.8 Å². The minimum atomic E-state index is 1.08. The highest BCUT2D eigenvalue weighted by molar-refractivity contribution is 9.15. The topological polar surface area (TPSA) is 0 Å². The summed E-state index contributed by atoms with van der Waals surface area (Å²) in [6, 6.07) is 0. The smallest absolute Gasteiger partial charge is 0.0483 e. The fourth-order valence-electron chi connectivity index (χ4n) is 0.758. The van der Waals surface area contributed by atoms with Crippen LogP contribution in [0.25, 0.3) is 0 Å². The molecule has 5 heteroatoms. The summed E-state index contributed by atoms with van der Waals surface area (Å²) in [5.74, 6) is 0. The first-order chi connectivity index (χ1) is 5.13. The van der Waals surface area contributed by atoms with Crippen LogP contribution in [0.3, 0.4) is 0 Å². The van der Waals surface area contributed by atoms with Gasteiger partial charge in [-0.05, 0) is 63.7 Å². The lowest BCUT2D eigenvalue weighted by Crippen LogP contribution is -1.72. The predicted octanol–water partition coefficient (Wildman–Crippen LogP) is 5.20. The van der Waals surface area contributed by atoms with Gasteiger partial charge in [-0.3, -0.25) is 0 Å². The molecule has 0 fully saturated rings. The zero-order valence-electron chi connectivity index (χ0n) is 4.92. The SMILES string of the molecule is Brc1c(Br)c(Br)c2c(c1Br)S2. The normalized spacial score (nSPS) is 13.1. The number of rotatable bonds is 0. The van der Waals surface area contributed by atoms with Gasteiger partial charge in [0, 0.05) is 27.7 Å². The molecule has 0 atom stereocenters. The second kappa shape index (κ2) is 3.01. The van der Waals surface area contributed by atoms with E-state index in [2.05, 4.69) is 63.7 Å². The van der Waals surface area contributed by atoms with Gasteiger partial charge < -0.3 is 0 Å². The van der Waals surface area contributed by atoms with Crippen molar-refractivity contribution in [2.75, 3.05) is 0 Å². The van der Waals surface area contributed by atoms with Crippen LogP contribution in [0.1, 0.15) is 0 Å². The largest absolute Gasteiger partial charge is 0.0852 e. The number of fused-ring (bicyclic) bond motifs is 1. The molecule has 0 amide bonds. The van der Waals surface area contributed by atoms with Crippen molar-refractivity contribution in [3.05, 3.63) is 17.9 Å². The standard InChI is InChI=1S/C6Br4S/c7-1-2(8)4(10)6-5(11-6)3(1)9. The Morgan fingerprint density at radius 3 is 1.36 bits per heavy atom. The fraction of sp³-hybridized carbons (Fsp3) is 0. The maximum absolute atomic E-state index is 3.50. The highest BCUT2D eigenvalue weighted by atomic mass is 79.9. The van der Waals surface area contributed by atoms with Crippen LogP contribution in [0.5, 0.6) is 0 Å². The average molecular weight is 424 g/mol. The summed E-state index contributed by atoms with van der Waals surface area (Å²) in [6.07, 6.45) is 0. The summed E-state index contributed by atoms with van der Waals surface area (Å²) in [4.78, 5) is 2.65. The van der Waals surface area contributed by atoms with Gasteiger partial charge in [0.15, 0.2) is 0 Å². The van der Waals surface area contributed by atoms with Gasteiger partial charge in [0.05, 0.1) is 0 Å². The van der Waals surface area contributed by atoms with Crippen LogP contribution in [0.2, 0.25) is 0 Å². The van der Waals surface area contributed by atoms with Crippen LogP contribution in [-0.2, 0) is 0 Å². The molecule has 0 nitrogen and oxygen atoms in total. The summed E-state index contributed by atoms with van der Waals surface area (Å²) in [7, 11) is 0. The molecule has 0 aliphatic carbocycles. The monoisotopic (exact) mass is 420 g/mol. The zero-order valence-corrected chi connectivity index (χ0v) is 12.1. The molecule has 0 bridgehead atoms. The first-order valence-corrected chi connectivity index (χ1v) is 6.65. The molecule has 0 spiro atoms. The Labute approximate surface area is 102 Å². The zero-order chi connectivity index (χ0) is 8.17. The molecular weight excluding hydrogens is 424 g/mol. The van der Waals surface area contributed by atoms with E-state index in [-0.39, 0.29) is 0 Å². The van der Waals surface area contributed by atoms with E-state index in [9.17, 15) is 0 Å². The number of halogens is 4. The molecule has 11 heavy (non-hydrogen) atoms. The predicted molar refractivity (Wildman–Crippen MR) is 61.4 cm³/mol. The molecule has 0 saturated carbocycles. The van der Waals surface area contributed by atoms with Gasteiger partial charge in [0.25, 0.3) is 0 Å². The number of hydrogen-bond acceptors (Lipinski definition) is 1. The molecule has 0 saturated heterocycles. The van der Waals surface area contributed by atoms with Crippen molar-refractivity contribution in [3.63, 3.8) is 0 Å². The number of hydrogen-bond donors (Lipinski definition) is 0. The van der Waals surface area contributed by atoms with Gasteiger partial charge in [-0.1, -0.05) is 11.8 Å². The van der Waals surface area contributed by atoms with E-state index in [1.165, 1.54) is 9.79 Å². The van der Waals surface area contributed by atoms with Crippen molar-refractivity contribution >= 4 is 75.5 Å². The molecule has 0 aromatic heterocycles. The molecule has 2 rings (SSSR count). The van der Waals surface area contributed by atoms with E-state index in [1.807, 2.05) is 0 Å². The van der Waals surface area contributed by atoms with Crippen molar-refractivity contribution in [2.24, 2.45) is 0 Å². The van der Waals surface area contributed by atoms with Crippen LogP contribution in [0.4, 0.5) is 0 Å². The van der Waals surface area contributed by atoms with Gasteiger partial charge in [0.2, 0.25) is 0 Å². The van der Waals surface area contributed by atoms with Crippen LogP contribution in [-0.4, -0.2) is 0 Å². The fourth-order valence-corrected chi connectivity index (χ4v) is 4.63. The molecule has 1 aliphatic heterocycles. The number of benzene rings is 1. The van der Waals surface area contributed by atoms with Gasteiger partial charge in [-0.2, -0.15) is 0 Å². The van der Waals surface area contributed by atoms with Crippen molar-refractivity contribution in [1.29, 1.82) is 0 Å². The first kappa shape index (κ1) is 9.06. The molecule has 1 heterocycles. The minimum absolute atomic E-state index is 1.08. The Kier molecular flexibility index (Phi) is 2.48. The molecule has 1 aliphatic rings. The van der Waals surface area contributed by atoms with Gasteiger partial charge in [-0.15, -0.1) is 0 Å². The van der Waals surface area contributed by atoms with Crippen LogP contribution in [0, 0.1) is 0 Å². The van der Waals surface area contributed by atoms with Crippen LogP contribution < -0.4 is 0 Å². The molecule has 58 valence electrons. The minimum Gasteiger partial charge on any atom is -0.0852 e. The second-order valence-corrected chi connectivity index (χ2v) is 6.21. The maximum Gasteiger partial charge on any atom is 0.0483 e. The average Bonchev–Trinajstić information content (AvgIpc) is 2.76. The summed E-state index contributed by atoms with van der Waals surface area (Å²) in [6.45, 7) is 0. The lowest BCUT2D eigenvalue weighted by atomic mass is 10.4. The third-order valence-electron chi connectivity index (χ3n) is 1.35. The summed E-state index contributed by atoms with van der Waals surface area (Å²) >= 11 is 15.7. The lowest BCUT2D eigenvalue weighted by molar-refractivity contribution is 1.26. The van der Waals surface area contributed by atoms with Crippen LogP contribution in [0.15, 0.2) is 27.7 Å². The Balaban J connectivity index is 2.78. The summed E-state index contributed by atoms with van der Waals surface area (Å²) in [5.41, 5.74) is 0. The van der Waals surface area contributed by atoms with Crippen LogP contribution >= 0.6 is 75.5 Å². The third kappa shape index (κ3) is 1.37. The Morgan fingerprint density at radius 2 is 1.00 bits per heavy atom. The van der Waals surface area contributed by atoms with Crippen molar-refractivity contribution < 1.29 is 0 Å². The highest BCUT2D eigenvalue weighted by Gasteiger charge is 2.29. The molecule has 0 unspecified atom stereocenters. The second-order valence-electron chi connectivity index (χ2n) is 2.02. The van der Waals surface area contributed by atoms with E-state index >= 15 is 0 Å². The molecule has 0 N–H and O–H groups in total. The van der Waals surface area contributed by atoms with E-state index in [0.717, 1.165) is 17.9 Å². The molecule has 1 aromatic rings. The Bertz CT molecular complexity index is 314. The van der Waals surface area contributed by atoms with E-state index in [4.69, 9.17) is 0 Å². The van der Waals surface area contributed by atoms with Crippen molar-refractivity contribution in [2.45, 2.75) is 9.79 Å². The summed E-state index contributed by atoms with van der Waals surface area (Å²) in [5, 5.41) is 0. The van der Waals surface area contributed by atoms with Gasteiger partial charge >= 0.3 is 0 Å². The van der Waals surface area contributed by atoms with E-state index in [0.29, 0.717) is 0 Å². The molecule has 1 aromatic carbocycles. The van der Waals surface area contributed by atoms with E-state index < -0.39 is 0 Å². The first-order valence-electron chi connectivity index (χ1n) is 2.66. The van der Waals surface area contributed by atoms with Gasteiger partial charge in [0.1, 0.15) is 0 Å². The third-order valence-corrected chi connectivity index (χ3v) is 7.66.